The average molecular weight is 251 g/mol. The topological polar surface area (TPSA) is 98.2 Å². The second-order valence-electron chi connectivity index (χ2n) is 4.71. The van der Waals surface area contributed by atoms with Crippen LogP contribution in [0.5, 0.6) is 0 Å². The summed E-state index contributed by atoms with van der Waals surface area (Å²) < 4.78 is 0. The third-order valence-electron chi connectivity index (χ3n) is 3.53. The lowest BCUT2D eigenvalue weighted by atomic mass is 9.87. The van der Waals surface area contributed by atoms with Crippen LogP contribution in [0.15, 0.2) is 12.4 Å². The smallest absolute Gasteiger partial charge is 0.305 e. The molecule has 0 radical (unpaired) electrons. The molecule has 2 N–H and O–H groups in total. The Balaban J connectivity index is 2.09. The van der Waals surface area contributed by atoms with E-state index in [9.17, 15) is 10.1 Å². The largest absolute Gasteiger partial charge is 0.340 e. The van der Waals surface area contributed by atoms with Crippen molar-refractivity contribution in [3.05, 3.63) is 22.5 Å². The van der Waals surface area contributed by atoms with Crippen LogP contribution >= 0.6 is 0 Å². The van der Waals surface area contributed by atoms with Crippen molar-refractivity contribution in [3.63, 3.8) is 0 Å². The van der Waals surface area contributed by atoms with Crippen molar-refractivity contribution in [3.8, 4) is 0 Å². The number of piperidine rings is 1. The van der Waals surface area contributed by atoms with Crippen molar-refractivity contribution in [2.24, 2.45) is 17.6 Å². The zero-order chi connectivity index (χ0) is 13.1. The number of hydrogen-bond donors (Lipinski definition) is 1. The normalized spacial score (nSPS) is 24.0. The van der Waals surface area contributed by atoms with E-state index in [1.54, 1.807) is 0 Å². The molecule has 1 saturated heterocycles. The van der Waals surface area contributed by atoms with Gasteiger partial charge in [-0.2, -0.15) is 0 Å². The molecule has 1 aliphatic heterocycles. The van der Waals surface area contributed by atoms with Crippen LogP contribution < -0.4 is 10.6 Å². The summed E-state index contributed by atoms with van der Waals surface area (Å²) >= 11 is 0. The van der Waals surface area contributed by atoms with Crippen LogP contribution in [0.1, 0.15) is 13.3 Å². The zero-order valence-electron chi connectivity index (χ0n) is 10.3. The van der Waals surface area contributed by atoms with E-state index in [1.165, 1.54) is 12.4 Å². The van der Waals surface area contributed by atoms with Gasteiger partial charge in [-0.15, -0.1) is 0 Å². The highest BCUT2D eigenvalue weighted by molar-refractivity contribution is 5.34. The van der Waals surface area contributed by atoms with Crippen molar-refractivity contribution in [2.45, 2.75) is 13.3 Å². The first-order chi connectivity index (χ1) is 8.61. The average Bonchev–Trinajstić information content (AvgIpc) is 2.39. The molecule has 2 rings (SSSR count). The first kappa shape index (κ1) is 12.7. The second kappa shape index (κ2) is 5.26. The SMILES string of the molecule is CC1CCN(c2ncc([N+](=O)[O-])cn2)CC1CN. The molecule has 7 heteroatoms. The summed E-state index contributed by atoms with van der Waals surface area (Å²) in [6.45, 7) is 4.53. The Hall–Kier alpha value is -1.76. The highest BCUT2D eigenvalue weighted by Gasteiger charge is 2.26. The molecule has 1 aromatic rings. The van der Waals surface area contributed by atoms with E-state index in [0.29, 0.717) is 24.3 Å². The molecule has 18 heavy (non-hydrogen) atoms. The molecule has 0 saturated carbocycles. The number of hydrogen-bond acceptors (Lipinski definition) is 6. The third-order valence-corrected chi connectivity index (χ3v) is 3.53. The van der Waals surface area contributed by atoms with Gasteiger partial charge < -0.3 is 10.6 Å². The maximum absolute atomic E-state index is 10.5. The number of anilines is 1. The molecule has 2 unspecified atom stereocenters. The van der Waals surface area contributed by atoms with Gasteiger partial charge in [0.25, 0.3) is 0 Å². The van der Waals surface area contributed by atoms with Crippen molar-refractivity contribution < 1.29 is 4.92 Å². The maximum atomic E-state index is 10.5. The van der Waals surface area contributed by atoms with Crippen LogP contribution in [0.3, 0.4) is 0 Å². The number of nitrogens with zero attached hydrogens (tertiary/aromatic N) is 4. The van der Waals surface area contributed by atoms with Gasteiger partial charge in [-0.1, -0.05) is 6.92 Å². The first-order valence-electron chi connectivity index (χ1n) is 6.03. The second-order valence-corrected chi connectivity index (χ2v) is 4.71. The number of aromatic nitrogens is 2. The zero-order valence-corrected chi connectivity index (χ0v) is 10.3. The van der Waals surface area contributed by atoms with E-state index in [0.717, 1.165) is 19.5 Å². The molecule has 2 atom stereocenters. The Bertz CT molecular complexity index is 422. The van der Waals surface area contributed by atoms with E-state index >= 15 is 0 Å². The van der Waals surface area contributed by atoms with Gasteiger partial charge in [-0.3, -0.25) is 10.1 Å². The minimum atomic E-state index is -0.495. The summed E-state index contributed by atoms with van der Waals surface area (Å²) in [5.74, 6) is 1.58. The summed E-state index contributed by atoms with van der Waals surface area (Å²) in [5.41, 5.74) is 5.66. The van der Waals surface area contributed by atoms with E-state index in [2.05, 4.69) is 16.9 Å². The fourth-order valence-corrected chi connectivity index (χ4v) is 2.21. The van der Waals surface area contributed by atoms with E-state index in [1.807, 2.05) is 4.90 Å². The lowest BCUT2D eigenvalue weighted by molar-refractivity contribution is -0.385. The van der Waals surface area contributed by atoms with Crippen molar-refractivity contribution in [2.75, 3.05) is 24.5 Å². The molecular weight excluding hydrogens is 234 g/mol. The van der Waals surface area contributed by atoms with Gasteiger partial charge in [0.05, 0.1) is 4.92 Å². The Kier molecular flexibility index (Phi) is 3.71. The van der Waals surface area contributed by atoms with Crippen LogP contribution in [0.4, 0.5) is 11.6 Å². The van der Waals surface area contributed by atoms with E-state index in [4.69, 9.17) is 5.73 Å². The Morgan fingerprint density at radius 1 is 1.56 bits per heavy atom. The molecular formula is C11H17N5O2. The molecule has 98 valence electrons. The molecule has 0 bridgehead atoms. The summed E-state index contributed by atoms with van der Waals surface area (Å²) in [5, 5.41) is 10.5. The quantitative estimate of drug-likeness (QED) is 0.630. The molecule has 0 aromatic carbocycles. The number of rotatable bonds is 3. The van der Waals surface area contributed by atoms with Gasteiger partial charge in [0, 0.05) is 13.1 Å². The predicted octanol–water partition coefficient (Wildman–Crippen LogP) is 0.806. The van der Waals surface area contributed by atoms with Gasteiger partial charge >= 0.3 is 5.69 Å². The van der Waals surface area contributed by atoms with Gasteiger partial charge in [-0.05, 0) is 24.8 Å². The third kappa shape index (κ3) is 2.56. The molecule has 0 amide bonds. The van der Waals surface area contributed by atoms with Crippen LogP contribution in [0, 0.1) is 22.0 Å². The molecule has 0 spiro atoms. The highest BCUT2D eigenvalue weighted by Crippen LogP contribution is 2.25. The Labute approximate surface area is 105 Å². The summed E-state index contributed by atoms with van der Waals surface area (Å²) in [6, 6.07) is 0. The summed E-state index contributed by atoms with van der Waals surface area (Å²) in [7, 11) is 0. The number of nitrogens with two attached hydrogens (primary N) is 1. The van der Waals surface area contributed by atoms with Crippen LogP contribution in [-0.2, 0) is 0 Å². The van der Waals surface area contributed by atoms with Crippen molar-refractivity contribution in [1.29, 1.82) is 0 Å². The summed E-state index contributed by atoms with van der Waals surface area (Å²) in [4.78, 5) is 20.2. The van der Waals surface area contributed by atoms with Gasteiger partial charge in [-0.25, -0.2) is 9.97 Å². The van der Waals surface area contributed by atoms with Gasteiger partial charge in [0.2, 0.25) is 5.95 Å². The molecule has 1 fully saturated rings. The van der Waals surface area contributed by atoms with Crippen LogP contribution in [0.25, 0.3) is 0 Å². The predicted molar refractivity (Wildman–Crippen MR) is 67.2 cm³/mol. The van der Waals surface area contributed by atoms with E-state index < -0.39 is 4.92 Å². The lowest BCUT2D eigenvalue weighted by Gasteiger charge is -2.36. The molecule has 1 aromatic heterocycles. The fourth-order valence-electron chi connectivity index (χ4n) is 2.21. The van der Waals surface area contributed by atoms with Crippen molar-refractivity contribution >= 4 is 11.6 Å². The molecule has 1 aliphatic rings. The lowest BCUT2D eigenvalue weighted by Crippen LogP contribution is -2.43. The molecule has 0 aliphatic carbocycles. The Morgan fingerprint density at radius 3 is 2.78 bits per heavy atom. The monoisotopic (exact) mass is 251 g/mol. The molecule has 2 heterocycles. The highest BCUT2D eigenvalue weighted by atomic mass is 16.6. The maximum Gasteiger partial charge on any atom is 0.305 e. The van der Waals surface area contributed by atoms with Gasteiger partial charge in [0.1, 0.15) is 12.4 Å². The van der Waals surface area contributed by atoms with E-state index in [-0.39, 0.29) is 5.69 Å². The Morgan fingerprint density at radius 2 is 2.22 bits per heavy atom. The van der Waals surface area contributed by atoms with Crippen molar-refractivity contribution in [1.82, 2.24) is 9.97 Å². The first-order valence-corrected chi connectivity index (χ1v) is 6.03. The number of nitro groups is 1. The van der Waals surface area contributed by atoms with Gasteiger partial charge in [0.15, 0.2) is 0 Å². The minimum Gasteiger partial charge on any atom is -0.340 e. The summed E-state index contributed by atoms with van der Waals surface area (Å²) in [6.07, 6.45) is 3.54. The van der Waals surface area contributed by atoms with Crippen LogP contribution in [-0.4, -0.2) is 34.5 Å². The van der Waals surface area contributed by atoms with Crippen LogP contribution in [0.2, 0.25) is 0 Å². The minimum absolute atomic E-state index is 0.0838. The molecule has 7 nitrogen and oxygen atoms in total. The standard InChI is InChI=1S/C11H17N5O2/c1-8-2-3-15(7-9(8)4-12)11-13-5-10(6-14-11)16(17)18/h5-6,8-9H,2-4,7,12H2,1H3. The fraction of sp³-hybridized carbons (Fsp3) is 0.636.